The van der Waals surface area contributed by atoms with E-state index >= 15 is 0 Å². The van der Waals surface area contributed by atoms with E-state index in [-0.39, 0.29) is 11.8 Å². The molecule has 0 aromatic heterocycles. The zero-order valence-electron chi connectivity index (χ0n) is 17.0. The van der Waals surface area contributed by atoms with Gasteiger partial charge in [0.15, 0.2) is 0 Å². The van der Waals surface area contributed by atoms with Crippen LogP contribution >= 0.6 is 0 Å². The molecule has 2 aromatic rings. The molecule has 2 fully saturated rings. The van der Waals surface area contributed by atoms with Crippen molar-refractivity contribution < 1.29 is 4.79 Å². The fraction of sp³-hybridized carbons (Fsp3) is 0.480. The molecule has 0 spiro atoms. The van der Waals surface area contributed by atoms with Crippen molar-refractivity contribution in [2.45, 2.75) is 44.6 Å². The molecule has 28 heavy (non-hydrogen) atoms. The third kappa shape index (κ3) is 4.30. The Balaban J connectivity index is 1.46. The quantitative estimate of drug-likeness (QED) is 0.782. The first-order chi connectivity index (χ1) is 13.7. The van der Waals surface area contributed by atoms with Crippen molar-refractivity contribution in [3.8, 4) is 0 Å². The van der Waals surface area contributed by atoms with Crippen LogP contribution in [0.2, 0.25) is 0 Å². The van der Waals surface area contributed by atoms with Gasteiger partial charge in [-0.3, -0.25) is 9.69 Å². The average molecular weight is 377 g/mol. The van der Waals surface area contributed by atoms with Gasteiger partial charge in [0.2, 0.25) is 5.91 Å². The normalized spacial score (nSPS) is 23.7. The Bertz CT molecular complexity index is 713. The van der Waals surface area contributed by atoms with Gasteiger partial charge in [-0.1, -0.05) is 80.4 Å². The molecule has 3 nitrogen and oxygen atoms in total. The summed E-state index contributed by atoms with van der Waals surface area (Å²) >= 11 is 0. The summed E-state index contributed by atoms with van der Waals surface area (Å²) in [5.41, 5.74) is 2.17. The van der Waals surface area contributed by atoms with Gasteiger partial charge >= 0.3 is 0 Å². The highest BCUT2D eigenvalue weighted by atomic mass is 16.2. The molecule has 0 N–H and O–H groups in total. The molecule has 2 aliphatic rings. The van der Waals surface area contributed by atoms with E-state index in [1.54, 1.807) is 0 Å². The molecule has 1 saturated carbocycles. The van der Waals surface area contributed by atoms with Gasteiger partial charge in [-0.2, -0.15) is 0 Å². The summed E-state index contributed by atoms with van der Waals surface area (Å²) in [6, 6.07) is 21.2. The third-order valence-corrected chi connectivity index (χ3v) is 6.56. The lowest BCUT2D eigenvalue weighted by Crippen LogP contribution is -2.53. The summed E-state index contributed by atoms with van der Waals surface area (Å²) in [6.07, 6.45) is 5.39. The Morgan fingerprint density at radius 2 is 1.43 bits per heavy atom. The third-order valence-electron chi connectivity index (χ3n) is 6.56. The SMILES string of the molecule is C[C@H]1CCC[C@H](N2CCN(C(=O)C(c3ccccc3)c3ccccc3)CC2)C1. The molecule has 3 heteroatoms. The van der Waals surface area contributed by atoms with Crippen LogP contribution in [0.5, 0.6) is 0 Å². The van der Waals surface area contributed by atoms with Crippen LogP contribution in [0.3, 0.4) is 0 Å². The van der Waals surface area contributed by atoms with Crippen molar-refractivity contribution in [2.24, 2.45) is 5.92 Å². The molecule has 0 radical (unpaired) electrons. The minimum Gasteiger partial charge on any atom is -0.339 e. The van der Waals surface area contributed by atoms with Crippen molar-refractivity contribution in [3.63, 3.8) is 0 Å². The van der Waals surface area contributed by atoms with Gasteiger partial charge in [0.1, 0.15) is 0 Å². The van der Waals surface area contributed by atoms with E-state index in [0.717, 1.165) is 49.3 Å². The van der Waals surface area contributed by atoms with Crippen LogP contribution in [-0.2, 0) is 4.79 Å². The second-order valence-corrected chi connectivity index (χ2v) is 8.54. The summed E-state index contributed by atoms with van der Waals surface area (Å²) in [4.78, 5) is 18.3. The maximum Gasteiger partial charge on any atom is 0.234 e. The van der Waals surface area contributed by atoms with Gasteiger partial charge in [0, 0.05) is 32.2 Å². The number of hydrogen-bond donors (Lipinski definition) is 0. The molecule has 1 aliphatic heterocycles. The standard InChI is InChI=1S/C25H32N2O/c1-20-9-8-14-23(19-20)26-15-17-27(18-16-26)25(28)24(21-10-4-2-5-11-21)22-12-6-3-7-13-22/h2-7,10-13,20,23-24H,8-9,14-19H2,1H3/t20-,23-/m0/s1. The highest BCUT2D eigenvalue weighted by molar-refractivity contribution is 5.87. The minimum atomic E-state index is -0.205. The van der Waals surface area contributed by atoms with Crippen molar-refractivity contribution in [3.05, 3.63) is 71.8 Å². The lowest BCUT2D eigenvalue weighted by atomic mass is 9.86. The lowest BCUT2D eigenvalue weighted by molar-refractivity contribution is -0.134. The van der Waals surface area contributed by atoms with Gasteiger partial charge in [0.05, 0.1) is 5.92 Å². The molecule has 4 rings (SSSR count). The number of nitrogens with zero attached hydrogens (tertiary/aromatic N) is 2. The molecule has 1 aliphatic carbocycles. The van der Waals surface area contributed by atoms with Crippen molar-refractivity contribution in [1.82, 2.24) is 9.80 Å². The molecule has 2 aromatic carbocycles. The average Bonchev–Trinajstić information content (AvgIpc) is 2.75. The van der Waals surface area contributed by atoms with E-state index < -0.39 is 0 Å². The van der Waals surface area contributed by atoms with Crippen LogP contribution < -0.4 is 0 Å². The first kappa shape index (κ1) is 19.2. The fourth-order valence-electron chi connectivity index (χ4n) is 4.99. The second-order valence-electron chi connectivity index (χ2n) is 8.54. The Morgan fingerprint density at radius 3 is 1.96 bits per heavy atom. The lowest BCUT2D eigenvalue weighted by Gasteiger charge is -2.42. The van der Waals surface area contributed by atoms with E-state index in [2.05, 4.69) is 41.0 Å². The van der Waals surface area contributed by atoms with Crippen LogP contribution in [-0.4, -0.2) is 47.9 Å². The number of rotatable bonds is 4. The first-order valence-corrected chi connectivity index (χ1v) is 10.8. The monoisotopic (exact) mass is 376 g/mol. The number of benzene rings is 2. The van der Waals surface area contributed by atoms with Gasteiger partial charge in [-0.05, 0) is 29.9 Å². The van der Waals surface area contributed by atoms with Gasteiger partial charge in [0.25, 0.3) is 0 Å². The minimum absolute atomic E-state index is 0.205. The van der Waals surface area contributed by atoms with Gasteiger partial charge in [-0.15, -0.1) is 0 Å². The van der Waals surface area contributed by atoms with Crippen LogP contribution in [0.15, 0.2) is 60.7 Å². The summed E-state index contributed by atoms with van der Waals surface area (Å²) in [5, 5.41) is 0. The van der Waals surface area contributed by atoms with Crippen molar-refractivity contribution in [2.75, 3.05) is 26.2 Å². The Kier molecular flexibility index (Phi) is 6.11. The first-order valence-electron chi connectivity index (χ1n) is 10.8. The number of amides is 1. The molecular formula is C25H32N2O. The molecule has 2 atom stereocenters. The molecule has 1 amide bonds. The summed E-state index contributed by atoms with van der Waals surface area (Å²) in [5.74, 6) is 0.886. The smallest absolute Gasteiger partial charge is 0.234 e. The number of carbonyl (C=O) groups excluding carboxylic acids is 1. The topological polar surface area (TPSA) is 23.6 Å². The van der Waals surface area contributed by atoms with E-state index in [4.69, 9.17) is 0 Å². The summed E-state index contributed by atoms with van der Waals surface area (Å²) in [6.45, 7) is 6.11. The Labute approximate surface area is 169 Å². The van der Waals surface area contributed by atoms with Crippen LogP contribution in [0.4, 0.5) is 0 Å². The Morgan fingerprint density at radius 1 is 0.857 bits per heavy atom. The largest absolute Gasteiger partial charge is 0.339 e. The highest BCUT2D eigenvalue weighted by Crippen LogP contribution is 2.30. The Hall–Kier alpha value is -2.13. The predicted molar refractivity (Wildman–Crippen MR) is 114 cm³/mol. The molecule has 1 heterocycles. The maximum atomic E-state index is 13.5. The fourth-order valence-corrected chi connectivity index (χ4v) is 4.99. The zero-order chi connectivity index (χ0) is 19.3. The zero-order valence-corrected chi connectivity index (χ0v) is 17.0. The summed E-state index contributed by atoms with van der Waals surface area (Å²) in [7, 11) is 0. The van der Waals surface area contributed by atoms with Gasteiger partial charge in [-0.25, -0.2) is 0 Å². The highest BCUT2D eigenvalue weighted by Gasteiger charge is 2.32. The maximum absolute atomic E-state index is 13.5. The molecule has 0 unspecified atom stereocenters. The van der Waals surface area contributed by atoms with Crippen LogP contribution in [0.25, 0.3) is 0 Å². The predicted octanol–water partition coefficient (Wildman–Crippen LogP) is 4.54. The summed E-state index contributed by atoms with van der Waals surface area (Å²) < 4.78 is 0. The molecule has 1 saturated heterocycles. The molecule has 0 bridgehead atoms. The van der Waals surface area contributed by atoms with E-state index in [1.807, 2.05) is 36.4 Å². The number of piperazine rings is 1. The van der Waals surface area contributed by atoms with Crippen molar-refractivity contribution in [1.29, 1.82) is 0 Å². The second kappa shape index (κ2) is 8.91. The molecule has 148 valence electrons. The van der Waals surface area contributed by atoms with E-state index in [1.165, 1.54) is 25.7 Å². The van der Waals surface area contributed by atoms with Gasteiger partial charge < -0.3 is 4.90 Å². The number of carbonyl (C=O) groups is 1. The number of hydrogen-bond acceptors (Lipinski definition) is 2. The van der Waals surface area contributed by atoms with Crippen molar-refractivity contribution >= 4 is 5.91 Å². The molecular weight excluding hydrogens is 344 g/mol. The van der Waals surface area contributed by atoms with E-state index in [9.17, 15) is 4.79 Å². The van der Waals surface area contributed by atoms with E-state index in [0.29, 0.717) is 0 Å². The van der Waals surface area contributed by atoms with Crippen LogP contribution in [0.1, 0.15) is 49.7 Å². The van der Waals surface area contributed by atoms with Crippen LogP contribution in [0, 0.1) is 5.92 Å².